The second-order valence-corrected chi connectivity index (χ2v) is 10.6. The highest BCUT2D eigenvalue weighted by molar-refractivity contribution is 6.03. The van der Waals surface area contributed by atoms with Crippen LogP contribution in [-0.2, 0) is 9.59 Å². The van der Waals surface area contributed by atoms with Crippen LogP contribution in [0.2, 0.25) is 0 Å². The molecule has 0 spiro atoms. The Bertz CT molecular complexity index is 826. The summed E-state index contributed by atoms with van der Waals surface area (Å²) in [4.78, 5) is 31.0. The predicted molar refractivity (Wildman–Crippen MR) is 123 cm³/mol. The van der Waals surface area contributed by atoms with Crippen molar-refractivity contribution in [2.24, 2.45) is 16.7 Å². The van der Waals surface area contributed by atoms with E-state index in [0.29, 0.717) is 6.54 Å². The Labute approximate surface area is 187 Å². The third-order valence-electron chi connectivity index (χ3n) is 8.60. The van der Waals surface area contributed by atoms with Gasteiger partial charge >= 0.3 is 0 Å². The molecule has 1 aliphatic carbocycles. The highest BCUT2D eigenvalue weighted by atomic mass is 16.2. The lowest BCUT2D eigenvalue weighted by Gasteiger charge is -2.47. The molecular weight excluding hydrogens is 386 g/mol. The van der Waals surface area contributed by atoms with Gasteiger partial charge in [0.25, 0.3) is 0 Å². The Balaban J connectivity index is 1.20. The van der Waals surface area contributed by atoms with Crippen molar-refractivity contribution in [3.8, 4) is 0 Å². The average molecular weight is 426 g/mol. The van der Waals surface area contributed by atoms with Gasteiger partial charge in [-0.1, -0.05) is 57.2 Å². The van der Waals surface area contributed by atoms with Crippen LogP contribution in [-0.4, -0.2) is 62.5 Å². The maximum Gasteiger partial charge on any atom is 0.235 e. The number of rotatable bonds is 7. The van der Waals surface area contributed by atoms with E-state index in [1.807, 2.05) is 6.07 Å². The number of amides is 2. The van der Waals surface area contributed by atoms with Gasteiger partial charge in [-0.15, -0.1) is 0 Å². The molecule has 2 bridgehead atoms. The van der Waals surface area contributed by atoms with Crippen LogP contribution in [0.5, 0.6) is 0 Å². The topological polar surface area (TPSA) is 46.3 Å². The summed E-state index contributed by atoms with van der Waals surface area (Å²) in [5, 5.41) is 0. The van der Waals surface area contributed by atoms with Crippen molar-refractivity contribution >= 4 is 17.9 Å². The monoisotopic (exact) mass is 425 g/mol. The number of piperidine rings is 1. The zero-order valence-electron chi connectivity index (χ0n) is 19.5. The number of quaternary nitrogens is 2. The first-order valence-electron chi connectivity index (χ1n) is 12.1. The number of benzene rings is 1. The van der Waals surface area contributed by atoms with Gasteiger partial charge in [0.1, 0.15) is 26.2 Å². The zero-order chi connectivity index (χ0) is 22.1. The van der Waals surface area contributed by atoms with Gasteiger partial charge in [0.2, 0.25) is 11.8 Å². The molecule has 2 saturated heterocycles. The molecule has 168 valence electrons. The van der Waals surface area contributed by atoms with Gasteiger partial charge in [0, 0.05) is 18.9 Å². The molecule has 3 fully saturated rings. The number of carbonyl (C=O) groups excluding carboxylic acids is 2. The molecule has 2 amide bonds. The van der Waals surface area contributed by atoms with Gasteiger partial charge < -0.3 is 9.80 Å². The number of hydrogen-bond donors (Lipinski definition) is 2. The Kier molecular flexibility index (Phi) is 6.36. The third kappa shape index (κ3) is 4.22. The van der Waals surface area contributed by atoms with Crippen LogP contribution >= 0.6 is 0 Å². The number of nitrogens with one attached hydrogen (secondary N) is 2. The van der Waals surface area contributed by atoms with Crippen molar-refractivity contribution in [2.45, 2.75) is 40.0 Å². The lowest BCUT2D eigenvalue weighted by atomic mass is 9.62. The molecule has 2 aliphatic heterocycles. The molecule has 1 saturated carbocycles. The summed E-state index contributed by atoms with van der Waals surface area (Å²) in [6.45, 7) is 13.7. The quantitative estimate of drug-likeness (QED) is 0.632. The Morgan fingerprint density at radius 2 is 1.71 bits per heavy atom. The number of carbonyl (C=O) groups is 2. The molecule has 0 unspecified atom stereocenters. The fraction of sp³-hybridized carbons (Fsp3) is 0.615. The Morgan fingerprint density at radius 1 is 1.03 bits per heavy atom. The summed E-state index contributed by atoms with van der Waals surface area (Å²) in [6, 6.07) is 10.5. The number of nitrogens with zero attached hydrogens (tertiary/aromatic N) is 1. The molecule has 2 N–H and O–H groups in total. The lowest BCUT2D eigenvalue weighted by Crippen LogP contribution is -3.28. The lowest BCUT2D eigenvalue weighted by molar-refractivity contribution is -1.01. The van der Waals surface area contributed by atoms with E-state index in [1.54, 1.807) is 14.7 Å². The highest BCUT2D eigenvalue weighted by Gasteiger charge is 2.64. The molecular formula is C26H39N3O2+2. The number of imide groups is 1. The van der Waals surface area contributed by atoms with E-state index in [9.17, 15) is 9.59 Å². The van der Waals surface area contributed by atoms with Crippen LogP contribution in [0.1, 0.15) is 45.6 Å². The van der Waals surface area contributed by atoms with Crippen LogP contribution < -0.4 is 9.80 Å². The van der Waals surface area contributed by atoms with Gasteiger partial charge in [0.15, 0.2) is 0 Å². The highest BCUT2D eigenvalue weighted by Crippen LogP contribution is 2.59. The second-order valence-electron chi connectivity index (χ2n) is 10.6. The minimum atomic E-state index is -0.374. The van der Waals surface area contributed by atoms with Gasteiger partial charge in [-0.25, -0.2) is 0 Å². The van der Waals surface area contributed by atoms with Crippen molar-refractivity contribution in [1.82, 2.24) is 4.90 Å². The molecule has 1 aromatic carbocycles. The summed E-state index contributed by atoms with van der Waals surface area (Å²) in [7, 11) is 0. The number of piperazine rings is 1. The summed E-state index contributed by atoms with van der Waals surface area (Å²) in [5.74, 6) is 0.170. The van der Waals surface area contributed by atoms with E-state index in [2.05, 4.69) is 57.2 Å². The SMILES string of the molecule is CC1(C)[C@@H]2CC[C@]1(C)C(=O)N(CCC[NH+]1CC[NH+](C/C=C/c3ccccc3)CC1)C2=O. The predicted octanol–water partition coefficient (Wildman–Crippen LogP) is 0.685. The maximum absolute atomic E-state index is 13.1. The normalized spacial score (nSPS) is 32.7. The molecule has 3 aliphatic rings. The molecule has 2 heterocycles. The van der Waals surface area contributed by atoms with E-state index in [0.717, 1.165) is 32.4 Å². The van der Waals surface area contributed by atoms with E-state index in [-0.39, 0.29) is 28.6 Å². The van der Waals surface area contributed by atoms with Crippen molar-refractivity contribution in [3.05, 3.63) is 42.0 Å². The molecule has 0 aromatic heterocycles. The molecule has 4 rings (SSSR count). The smallest absolute Gasteiger partial charge is 0.235 e. The van der Waals surface area contributed by atoms with Crippen LogP contribution in [0.3, 0.4) is 0 Å². The van der Waals surface area contributed by atoms with E-state index >= 15 is 0 Å². The molecule has 31 heavy (non-hydrogen) atoms. The minimum absolute atomic E-state index is 0.0126. The first-order valence-corrected chi connectivity index (χ1v) is 12.1. The van der Waals surface area contributed by atoms with Gasteiger partial charge in [-0.2, -0.15) is 0 Å². The van der Waals surface area contributed by atoms with Crippen molar-refractivity contribution in [3.63, 3.8) is 0 Å². The van der Waals surface area contributed by atoms with E-state index in [1.165, 1.54) is 31.7 Å². The van der Waals surface area contributed by atoms with Crippen LogP contribution in [0.25, 0.3) is 6.08 Å². The fourth-order valence-electron chi connectivity index (χ4n) is 5.94. The third-order valence-corrected chi connectivity index (χ3v) is 8.60. The maximum atomic E-state index is 13.1. The summed E-state index contributed by atoms with van der Waals surface area (Å²) in [5.41, 5.74) is 0.677. The van der Waals surface area contributed by atoms with E-state index in [4.69, 9.17) is 0 Å². The first kappa shape index (κ1) is 22.2. The van der Waals surface area contributed by atoms with Crippen LogP contribution in [0.15, 0.2) is 36.4 Å². The van der Waals surface area contributed by atoms with Crippen molar-refractivity contribution < 1.29 is 19.4 Å². The number of fused-ring (bicyclic) bond motifs is 2. The molecule has 5 heteroatoms. The molecule has 5 nitrogen and oxygen atoms in total. The van der Waals surface area contributed by atoms with Crippen molar-refractivity contribution in [2.75, 3.05) is 45.8 Å². The van der Waals surface area contributed by atoms with Crippen LogP contribution in [0, 0.1) is 16.7 Å². The number of hydrogen-bond acceptors (Lipinski definition) is 2. The van der Waals surface area contributed by atoms with Gasteiger partial charge in [-0.3, -0.25) is 14.5 Å². The minimum Gasteiger partial charge on any atom is -0.326 e. The second kappa shape index (κ2) is 8.87. The summed E-state index contributed by atoms with van der Waals surface area (Å²) < 4.78 is 0. The van der Waals surface area contributed by atoms with Gasteiger partial charge in [0.05, 0.1) is 18.5 Å². The standard InChI is InChI=1S/C26H37N3O2/c1-25(2)22-12-13-26(25,3)24(31)29(23(22)30)16-8-15-28-19-17-27(18-20-28)14-7-11-21-9-5-4-6-10-21/h4-7,9-11,22H,8,12-20H2,1-3H3/p+2/b11-7+/t22-,26-/m1/s1. The Hall–Kier alpha value is -1.98. The molecule has 0 radical (unpaired) electrons. The molecule has 1 aromatic rings. The fourth-order valence-corrected chi connectivity index (χ4v) is 5.94. The average Bonchev–Trinajstić information content (AvgIpc) is 2.96. The summed E-state index contributed by atoms with van der Waals surface area (Å²) >= 11 is 0. The first-order chi connectivity index (χ1) is 14.8. The van der Waals surface area contributed by atoms with E-state index < -0.39 is 0 Å². The molecule has 2 atom stereocenters. The summed E-state index contributed by atoms with van der Waals surface area (Å²) in [6.07, 6.45) is 7.13. The van der Waals surface area contributed by atoms with Gasteiger partial charge in [-0.05, 0) is 29.9 Å². The Morgan fingerprint density at radius 3 is 2.42 bits per heavy atom. The zero-order valence-corrected chi connectivity index (χ0v) is 19.5. The number of likely N-dealkylation sites (tertiary alicyclic amines) is 1. The van der Waals surface area contributed by atoms with Crippen LogP contribution in [0.4, 0.5) is 0 Å². The largest absolute Gasteiger partial charge is 0.326 e. The van der Waals surface area contributed by atoms with Crippen molar-refractivity contribution in [1.29, 1.82) is 0 Å².